The maximum Gasteiger partial charge on any atom is 0.161 e. The Hall–Kier alpha value is -3.17. The highest BCUT2D eigenvalue weighted by molar-refractivity contribution is 7.78. The fraction of sp³-hybridized carbons (Fsp3) is 0.0588. The number of pyridine rings is 1. The van der Waals surface area contributed by atoms with Gasteiger partial charge >= 0.3 is 0 Å². The van der Waals surface area contributed by atoms with E-state index < -0.39 is 11.1 Å². The number of rotatable bonds is 4. The molecule has 0 spiro atoms. The van der Waals surface area contributed by atoms with Gasteiger partial charge in [0.15, 0.2) is 22.7 Å². The molecule has 130 valence electrons. The van der Waals surface area contributed by atoms with E-state index in [1.54, 1.807) is 36.8 Å². The second kappa shape index (κ2) is 6.62. The van der Waals surface area contributed by atoms with Crippen LogP contribution in [0.1, 0.15) is 5.56 Å². The first-order valence-corrected chi connectivity index (χ1v) is 8.97. The van der Waals surface area contributed by atoms with Gasteiger partial charge in [-0.2, -0.15) is 0 Å². The van der Waals surface area contributed by atoms with E-state index in [1.807, 2.05) is 12.1 Å². The zero-order valence-corrected chi connectivity index (χ0v) is 14.3. The van der Waals surface area contributed by atoms with Gasteiger partial charge in [0.25, 0.3) is 0 Å². The minimum Gasteiger partial charge on any atom is -0.382 e. The summed E-state index contributed by atoms with van der Waals surface area (Å²) in [5, 5.41) is 0. The summed E-state index contributed by atoms with van der Waals surface area (Å²) in [5.41, 5.74) is 10.2. The Balaban J connectivity index is 1.73. The van der Waals surface area contributed by atoms with Gasteiger partial charge in [0.2, 0.25) is 0 Å². The van der Waals surface area contributed by atoms with Crippen molar-refractivity contribution in [2.45, 2.75) is 5.75 Å². The predicted octanol–water partition coefficient (Wildman–Crippen LogP) is 2.39. The van der Waals surface area contributed by atoms with Gasteiger partial charge in [-0.05, 0) is 11.6 Å². The van der Waals surface area contributed by atoms with Crippen LogP contribution in [0.25, 0.3) is 33.8 Å². The molecular formula is C17H14N6O2S. The molecule has 26 heavy (non-hydrogen) atoms. The highest BCUT2D eigenvalue weighted by Gasteiger charge is 2.13. The number of aromatic nitrogens is 5. The third-order valence-electron chi connectivity index (χ3n) is 3.85. The van der Waals surface area contributed by atoms with Crippen molar-refractivity contribution in [3.8, 4) is 22.8 Å². The smallest absolute Gasteiger partial charge is 0.161 e. The molecule has 0 aliphatic rings. The fourth-order valence-corrected chi connectivity index (χ4v) is 3.07. The molecule has 4 N–H and O–H groups in total. The van der Waals surface area contributed by atoms with Crippen LogP contribution in [-0.4, -0.2) is 33.7 Å². The number of fused-ring (bicyclic) bond motifs is 1. The van der Waals surface area contributed by atoms with Gasteiger partial charge in [-0.25, -0.2) is 19.2 Å². The summed E-state index contributed by atoms with van der Waals surface area (Å²) < 4.78 is 19.9. The number of imidazole rings is 1. The number of H-pyrrole nitrogens is 1. The molecule has 4 rings (SSSR count). The molecule has 0 aliphatic carbocycles. The highest BCUT2D eigenvalue weighted by atomic mass is 32.2. The molecule has 1 atom stereocenters. The molecule has 3 heterocycles. The zero-order valence-electron chi connectivity index (χ0n) is 13.5. The average molecular weight is 366 g/mol. The lowest BCUT2D eigenvalue weighted by Crippen LogP contribution is -2.00. The lowest BCUT2D eigenvalue weighted by molar-refractivity contribution is 0.563. The Kier molecular flexibility index (Phi) is 4.15. The SMILES string of the molecule is Nc1ncc(-c2ccc(CS(=O)O)cc2)nc1-c1nc2ccncc2[nH]1. The molecule has 1 unspecified atom stereocenters. The van der Waals surface area contributed by atoms with Gasteiger partial charge in [-0.3, -0.25) is 4.98 Å². The summed E-state index contributed by atoms with van der Waals surface area (Å²) >= 11 is -1.87. The van der Waals surface area contributed by atoms with Crippen LogP contribution in [-0.2, 0) is 16.8 Å². The molecular weight excluding hydrogens is 352 g/mol. The molecule has 0 fully saturated rings. The second-order valence-corrected chi connectivity index (χ2v) is 6.56. The predicted molar refractivity (Wildman–Crippen MR) is 99.2 cm³/mol. The maximum absolute atomic E-state index is 10.9. The van der Waals surface area contributed by atoms with E-state index >= 15 is 0 Å². The van der Waals surface area contributed by atoms with Gasteiger partial charge in [-0.15, -0.1) is 0 Å². The van der Waals surface area contributed by atoms with Crippen LogP contribution in [0.3, 0.4) is 0 Å². The van der Waals surface area contributed by atoms with E-state index in [4.69, 9.17) is 10.3 Å². The topological polar surface area (TPSA) is 131 Å². The summed E-state index contributed by atoms with van der Waals surface area (Å²) in [7, 11) is 0. The van der Waals surface area contributed by atoms with Crippen LogP contribution in [0.2, 0.25) is 0 Å². The maximum atomic E-state index is 10.9. The minimum atomic E-state index is -1.87. The van der Waals surface area contributed by atoms with Crippen molar-refractivity contribution in [1.82, 2.24) is 24.9 Å². The molecule has 3 aromatic heterocycles. The molecule has 0 bridgehead atoms. The number of nitrogen functional groups attached to an aromatic ring is 1. The summed E-state index contributed by atoms with van der Waals surface area (Å²) in [6.07, 6.45) is 4.94. The van der Waals surface area contributed by atoms with E-state index in [1.165, 1.54) is 0 Å². The van der Waals surface area contributed by atoms with Crippen molar-refractivity contribution in [2.24, 2.45) is 0 Å². The number of anilines is 1. The standard InChI is InChI=1S/C17H14N6O2S/c18-16-15(17-22-12-5-6-19-7-14(12)23-17)21-13(8-20-16)11-3-1-10(2-4-11)9-26(24)25/h1-8H,9H2,(H2,18,20)(H,22,23)(H,24,25). The monoisotopic (exact) mass is 366 g/mol. The Labute approximate surface area is 150 Å². The Morgan fingerprint density at radius 3 is 2.65 bits per heavy atom. The second-order valence-electron chi connectivity index (χ2n) is 5.63. The Morgan fingerprint density at radius 1 is 1.12 bits per heavy atom. The number of nitrogens with two attached hydrogens (primary N) is 1. The summed E-state index contributed by atoms with van der Waals surface area (Å²) in [6, 6.07) is 9.03. The lowest BCUT2D eigenvalue weighted by atomic mass is 10.1. The van der Waals surface area contributed by atoms with Gasteiger partial charge in [-0.1, -0.05) is 24.3 Å². The molecule has 8 nitrogen and oxygen atoms in total. The molecule has 0 saturated heterocycles. The lowest BCUT2D eigenvalue weighted by Gasteiger charge is -2.06. The molecule has 4 aromatic rings. The van der Waals surface area contributed by atoms with Crippen molar-refractivity contribution < 1.29 is 8.76 Å². The van der Waals surface area contributed by atoms with E-state index in [2.05, 4.69) is 24.9 Å². The number of hydrogen-bond acceptors (Lipinski definition) is 6. The van der Waals surface area contributed by atoms with Gasteiger partial charge < -0.3 is 15.3 Å². The Morgan fingerprint density at radius 2 is 1.92 bits per heavy atom. The van der Waals surface area contributed by atoms with E-state index in [0.29, 0.717) is 17.2 Å². The third-order valence-corrected chi connectivity index (χ3v) is 4.43. The first kappa shape index (κ1) is 16.3. The summed E-state index contributed by atoms with van der Waals surface area (Å²) in [6.45, 7) is 0. The summed E-state index contributed by atoms with van der Waals surface area (Å²) in [4.78, 5) is 20.5. The van der Waals surface area contributed by atoms with Crippen molar-refractivity contribution in [3.05, 3.63) is 54.5 Å². The molecule has 0 aliphatic heterocycles. The van der Waals surface area contributed by atoms with Crippen molar-refractivity contribution in [1.29, 1.82) is 0 Å². The normalized spacial score (nSPS) is 12.3. The van der Waals surface area contributed by atoms with Gasteiger partial charge in [0.1, 0.15) is 5.69 Å². The van der Waals surface area contributed by atoms with Crippen LogP contribution >= 0.6 is 0 Å². The molecule has 9 heteroatoms. The molecule has 0 amide bonds. The minimum absolute atomic E-state index is 0.0893. The van der Waals surface area contributed by atoms with Crippen LogP contribution < -0.4 is 5.73 Å². The largest absolute Gasteiger partial charge is 0.382 e. The van der Waals surface area contributed by atoms with Gasteiger partial charge in [0.05, 0.1) is 34.9 Å². The van der Waals surface area contributed by atoms with Crippen LogP contribution in [0.4, 0.5) is 5.82 Å². The van der Waals surface area contributed by atoms with Crippen molar-refractivity contribution >= 4 is 27.9 Å². The number of aromatic amines is 1. The van der Waals surface area contributed by atoms with Crippen molar-refractivity contribution in [2.75, 3.05) is 5.73 Å². The number of nitrogens with zero attached hydrogens (tertiary/aromatic N) is 4. The first-order valence-electron chi connectivity index (χ1n) is 7.69. The molecule has 0 saturated carbocycles. The third kappa shape index (κ3) is 3.17. The molecule has 0 radical (unpaired) electrons. The number of hydrogen-bond donors (Lipinski definition) is 3. The number of nitrogens with one attached hydrogen (secondary N) is 1. The molecule has 1 aromatic carbocycles. The zero-order chi connectivity index (χ0) is 18.1. The van der Waals surface area contributed by atoms with Crippen molar-refractivity contribution in [3.63, 3.8) is 0 Å². The fourth-order valence-electron chi connectivity index (χ4n) is 2.60. The Bertz CT molecular complexity index is 1080. The van der Waals surface area contributed by atoms with Crippen LogP contribution in [0.5, 0.6) is 0 Å². The first-order chi connectivity index (χ1) is 12.6. The average Bonchev–Trinajstić information content (AvgIpc) is 3.06. The van der Waals surface area contributed by atoms with E-state index in [0.717, 1.165) is 22.2 Å². The quantitative estimate of drug-likeness (QED) is 0.473. The van der Waals surface area contributed by atoms with Crippen LogP contribution in [0.15, 0.2) is 48.9 Å². The number of benzene rings is 1. The van der Waals surface area contributed by atoms with Crippen LogP contribution in [0, 0.1) is 0 Å². The van der Waals surface area contributed by atoms with E-state index in [9.17, 15) is 4.21 Å². The van der Waals surface area contributed by atoms with Gasteiger partial charge in [0, 0.05) is 11.8 Å². The highest BCUT2D eigenvalue weighted by Crippen LogP contribution is 2.26. The van der Waals surface area contributed by atoms with E-state index in [-0.39, 0.29) is 11.6 Å². The summed E-state index contributed by atoms with van der Waals surface area (Å²) in [5.74, 6) is 0.881.